The SMILES string of the molecule is COc1ccccc1CCc1nc(C(C)C)nn1C[C@@H]1COCCO1. The maximum atomic E-state index is 5.77. The second kappa shape index (κ2) is 8.45. The first kappa shape index (κ1) is 17.9. The van der Waals surface area contributed by atoms with Gasteiger partial charge in [-0.15, -0.1) is 0 Å². The summed E-state index contributed by atoms with van der Waals surface area (Å²) in [7, 11) is 1.71. The number of aryl methyl sites for hydroxylation is 2. The van der Waals surface area contributed by atoms with E-state index in [1.165, 1.54) is 5.56 Å². The van der Waals surface area contributed by atoms with Gasteiger partial charge < -0.3 is 14.2 Å². The number of rotatable bonds is 7. The summed E-state index contributed by atoms with van der Waals surface area (Å²) in [5.74, 6) is 3.09. The van der Waals surface area contributed by atoms with E-state index in [0.717, 1.165) is 30.2 Å². The van der Waals surface area contributed by atoms with E-state index >= 15 is 0 Å². The van der Waals surface area contributed by atoms with E-state index in [0.29, 0.717) is 32.3 Å². The number of hydrogen-bond donors (Lipinski definition) is 0. The molecule has 0 amide bonds. The molecular weight excluding hydrogens is 318 g/mol. The monoisotopic (exact) mass is 345 g/mol. The molecule has 1 aliphatic rings. The summed E-state index contributed by atoms with van der Waals surface area (Å²) in [5.41, 5.74) is 1.18. The van der Waals surface area contributed by atoms with Gasteiger partial charge in [0.05, 0.1) is 33.5 Å². The Bertz CT molecular complexity index is 678. The van der Waals surface area contributed by atoms with E-state index in [4.69, 9.17) is 24.3 Å². The Morgan fingerprint density at radius 2 is 2.08 bits per heavy atom. The number of aromatic nitrogens is 3. The zero-order chi connectivity index (χ0) is 17.6. The smallest absolute Gasteiger partial charge is 0.153 e. The lowest BCUT2D eigenvalue weighted by molar-refractivity contribution is -0.0949. The predicted molar refractivity (Wildman–Crippen MR) is 95.1 cm³/mol. The first-order chi connectivity index (χ1) is 12.2. The van der Waals surface area contributed by atoms with Gasteiger partial charge in [-0.2, -0.15) is 5.10 Å². The second-order valence-electron chi connectivity index (χ2n) is 6.60. The van der Waals surface area contributed by atoms with Gasteiger partial charge in [0.2, 0.25) is 0 Å². The summed E-state index contributed by atoms with van der Waals surface area (Å²) in [6.45, 7) is 6.84. The molecule has 6 nitrogen and oxygen atoms in total. The Balaban J connectivity index is 1.74. The summed E-state index contributed by atoms with van der Waals surface area (Å²) in [6, 6.07) is 8.12. The van der Waals surface area contributed by atoms with E-state index in [9.17, 15) is 0 Å². The third-order valence-electron chi connectivity index (χ3n) is 4.35. The molecule has 136 valence electrons. The fourth-order valence-electron chi connectivity index (χ4n) is 2.96. The Labute approximate surface area is 149 Å². The molecule has 1 saturated heterocycles. The molecule has 25 heavy (non-hydrogen) atoms. The fourth-order valence-corrected chi connectivity index (χ4v) is 2.96. The van der Waals surface area contributed by atoms with Gasteiger partial charge in [-0.25, -0.2) is 9.67 Å². The van der Waals surface area contributed by atoms with Crippen LogP contribution in [0.2, 0.25) is 0 Å². The van der Waals surface area contributed by atoms with Crippen molar-refractivity contribution < 1.29 is 14.2 Å². The van der Waals surface area contributed by atoms with Crippen LogP contribution in [-0.2, 0) is 28.9 Å². The van der Waals surface area contributed by atoms with Crippen molar-refractivity contribution in [3.63, 3.8) is 0 Å². The molecule has 0 unspecified atom stereocenters. The van der Waals surface area contributed by atoms with Gasteiger partial charge in [-0.3, -0.25) is 0 Å². The van der Waals surface area contributed by atoms with Gasteiger partial charge in [-0.05, 0) is 18.1 Å². The van der Waals surface area contributed by atoms with Crippen LogP contribution in [0.4, 0.5) is 0 Å². The van der Waals surface area contributed by atoms with Crippen molar-refractivity contribution in [1.29, 1.82) is 0 Å². The standard InChI is InChI=1S/C19H27N3O3/c1-14(2)19-20-18(9-8-15-6-4-5-7-17(15)23-3)22(21-19)12-16-13-24-10-11-25-16/h4-7,14,16H,8-13H2,1-3H3/t16-/m1/s1. The Morgan fingerprint density at radius 1 is 1.24 bits per heavy atom. The van der Waals surface area contributed by atoms with Crippen molar-refractivity contribution in [3.8, 4) is 5.75 Å². The molecule has 0 N–H and O–H groups in total. The molecule has 1 fully saturated rings. The maximum Gasteiger partial charge on any atom is 0.153 e. The van der Waals surface area contributed by atoms with Crippen LogP contribution in [0, 0.1) is 0 Å². The van der Waals surface area contributed by atoms with E-state index in [1.807, 2.05) is 22.9 Å². The molecule has 6 heteroatoms. The number of nitrogens with zero attached hydrogens (tertiary/aromatic N) is 3. The van der Waals surface area contributed by atoms with Crippen LogP contribution in [0.5, 0.6) is 5.75 Å². The third kappa shape index (κ3) is 4.58. The van der Waals surface area contributed by atoms with Crippen LogP contribution < -0.4 is 4.74 Å². The van der Waals surface area contributed by atoms with Crippen molar-refractivity contribution in [2.24, 2.45) is 0 Å². The first-order valence-electron chi connectivity index (χ1n) is 8.92. The highest BCUT2D eigenvalue weighted by molar-refractivity contribution is 5.33. The molecular formula is C19H27N3O3. The van der Waals surface area contributed by atoms with Crippen molar-refractivity contribution in [3.05, 3.63) is 41.5 Å². The van der Waals surface area contributed by atoms with Crippen molar-refractivity contribution in [1.82, 2.24) is 14.8 Å². The Kier molecular flexibility index (Phi) is 6.04. The van der Waals surface area contributed by atoms with E-state index < -0.39 is 0 Å². The van der Waals surface area contributed by atoms with Crippen molar-refractivity contribution >= 4 is 0 Å². The summed E-state index contributed by atoms with van der Waals surface area (Å²) >= 11 is 0. The third-order valence-corrected chi connectivity index (χ3v) is 4.35. The summed E-state index contributed by atoms with van der Waals surface area (Å²) < 4.78 is 18.7. The highest BCUT2D eigenvalue weighted by atomic mass is 16.6. The van der Waals surface area contributed by atoms with E-state index in [2.05, 4.69) is 19.9 Å². The lowest BCUT2D eigenvalue weighted by Crippen LogP contribution is -2.33. The average molecular weight is 345 g/mol. The predicted octanol–water partition coefficient (Wildman–Crippen LogP) is 2.61. The number of para-hydroxylation sites is 1. The van der Waals surface area contributed by atoms with Crippen LogP contribution in [-0.4, -0.2) is 47.8 Å². The van der Waals surface area contributed by atoms with Crippen LogP contribution in [0.15, 0.2) is 24.3 Å². The molecule has 0 radical (unpaired) electrons. The van der Waals surface area contributed by atoms with Crippen LogP contribution in [0.3, 0.4) is 0 Å². The average Bonchev–Trinajstić information content (AvgIpc) is 3.04. The molecule has 0 aliphatic carbocycles. The topological polar surface area (TPSA) is 58.4 Å². The largest absolute Gasteiger partial charge is 0.496 e. The minimum Gasteiger partial charge on any atom is -0.496 e. The van der Waals surface area contributed by atoms with E-state index in [1.54, 1.807) is 7.11 Å². The van der Waals surface area contributed by atoms with Gasteiger partial charge in [0.1, 0.15) is 17.7 Å². The van der Waals surface area contributed by atoms with Crippen LogP contribution >= 0.6 is 0 Å². The van der Waals surface area contributed by atoms with Crippen LogP contribution in [0.1, 0.15) is 37.0 Å². The molecule has 1 aliphatic heterocycles. The number of methoxy groups -OCH3 is 1. The first-order valence-corrected chi connectivity index (χ1v) is 8.92. The van der Waals surface area contributed by atoms with E-state index in [-0.39, 0.29) is 6.10 Å². The molecule has 0 saturated carbocycles. The molecule has 2 aromatic rings. The lowest BCUT2D eigenvalue weighted by Gasteiger charge is -2.23. The second-order valence-corrected chi connectivity index (χ2v) is 6.60. The molecule has 1 aromatic carbocycles. The minimum atomic E-state index is 0.0421. The Hall–Kier alpha value is -1.92. The fraction of sp³-hybridized carbons (Fsp3) is 0.579. The molecule has 1 aromatic heterocycles. The molecule has 1 atom stereocenters. The van der Waals surface area contributed by atoms with Gasteiger partial charge in [0, 0.05) is 12.3 Å². The maximum absolute atomic E-state index is 5.77. The van der Waals surface area contributed by atoms with Crippen LogP contribution in [0.25, 0.3) is 0 Å². The Morgan fingerprint density at radius 3 is 2.80 bits per heavy atom. The summed E-state index contributed by atoms with van der Waals surface area (Å²) in [4.78, 5) is 4.76. The highest BCUT2D eigenvalue weighted by Gasteiger charge is 2.20. The van der Waals surface area contributed by atoms with Gasteiger partial charge in [0.25, 0.3) is 0 Å². The summed E-state index contributed by atoms with van der Waals surface area (Å²) in [5, 5.41) is 4.70. The van der Waals surface area contributed by atoms with Gasteiger partial charge >= 0.3 is 0 Å². The number of hydrogen-bond acceptors (Lipinski definition) is 5. The lowest BCUT2D eigenvalue weighted by atomic mass is 10.1. The number of benzene rings is 1. The van der Waals surface area contributed by atoms with Gasteiger partial charge in [-0.1, -0.05) is 32.0 Å². The molecule has 0 spiro atoms. The zero-order valence-corrected chi connectivity index (χ0v) is 15.3. The van der Waals surface area contributed by atoms with Crippen molar-refractivity contribution in [2.75, 3.05) is 26.9 Å². The normalized spacial score (nSPS) is 17.8. The molecule has 2 heterocycles. The molecule has 3 rings (SSSR count). The minimum absolute atomic E-state index is 0.0421. The highest BCUT2D eigenvalue weighted by Crippen LogP contribution is 2.20. The van der Waals surface area contributed by atoms with Gasteiger partial charge in [0.15, 0.2) is 5.82 Å². The number of ether oxygens (including phenoxy) is 3. The molecule has 0 bridgehead atoms. The quantitative estimate of drug-likeness (QED) is 0.772. The van der Waals surface area contributed by atoms with Crippen molar-refractivity contribution in [2.45, 2.75) is 45.3 Å². The zero-order valence-electron chi connectivity index (χ0n) is 15.3. The summed E-state index contributed by atoms with van der Waals surface area (Å²) in [6.07, 6.45) is 1.72.